The van der Waals surface area contributed by atoms with Crippen LogP contribution in [0.4, 0.5) is 5.69 Å². The fourth-order valence-corrected chi connectivity index (χ4v) is 2.44. The van der Waals surface area contributed by atoms with Crippen LogP contribution in [0.15, 0.2) is 48.5 Å². The first kappa shape index (κ1) is 15.2. The standard InChI is InChI=1S/C17H15ClN4O/c1-11-10-13(18)8-9-15(11)19-17(23)16-12(2)20-22(21-16)14-6-4-3-5-7-14/h3-10H,1-2H3,(H,19,23). The molecular formula is C17H15ClN4O. The van der Waals surface area contributed by atoms with Crippen LogP contribution < -0.4 is 5.32 Å². The number of aryl methyl sites for hydroxylation is 2. The highest BCUT2D eigenvalue weighted by Gasteiger charge is 2.17. The van der Waals surface area contributed by atoms with Crippen molar-refractivity contribution >= 4 is 23.2 Å². The van der Waals surface area contributed by atoms with E-state index in [9.17, 15) is 4.79 Å². The molecule has 3 aromatic rings. The van der Waals surface area contributed by atoms with Crippen molar-refractivity contribution < 1.29 is 4.79 Å². The van der Waals surface area contributed by atoms with E-state index in [0.29, 0.717) is 22.1 Å². The molecule has 116 valence electrons. The third-order valence-electron chi connectivity index (χ3n) is 3.42. The number of aromatic nitrogens is 3. The van der Waals surface area contributed by atoms with Crippen molar-refractivity contribution in [1.29, 1.82) is 0 Å². The van der Waals surface area contributed by atoms with Gasteiger partial charge < -0.3 is 5.32 Å². The van der Waals surface area contributed by atoms with Gasteiger partial charge in [0.1, 0.15) is 0 Å². The number of amides is 1. The van der Waals surface area contributed by atoms with Crippen LogP contribution in [0.2, 0.25) is 5.02 Å². The molecule has 6 heteroatoms. The smallest absolute Gasteiger partial charge is 0.278 e. The van der Waals surface area contributed by atoms with Crippen molar-refractivity contribution in [3.63, 3.8) is 0 Å². The molecule has 1 N–H and O–H groups in total. The number of nitrogens with zero attached hydrogens (tertiary/aromatic N) is 3. The number of anilines is 1. The second kappa shape index (κ2) is 6.22. The molecule has 0 bridgehead atoms. The molecule has 0 aliphatic carbocycles. The molecule has 0 aliphatic rings. The summed E-state index contributed by atoms with van der Waals surface area (Å²) in [5.74, 6) is -0.296. The van der Waals surface area contributed by atoms with Gasteiger partial charge >= 0.3 is 0 Å². The molecule has 0 radical (unpaired) electrons. The van der Waals surface area contributed by atoms with E-state index in [1.165, 1.54) is 4.80 Å². The molecule has 0 atom stereocenters. The molecule has 0 fully saturated rings. The highest BCUT2D eigenvalue weighted by molar-refractivity contribution is 6.30. The number of carbonyl (C=O) groups is 1. The minimum absolute atomic E-state index is 0.295. The average Bonchev–Trinajstić information content (AvgIpc) is 2.93. The molecule has 1 heterocycles. The molecular weight excluding hydrogens is 312 g/mol. The predicted molar refractivity (Wildman–Crippen MR) is 90.2 cm³/mol. The second-order valence-electron chi connectivity index (χ2n) is 5.17. The fourth-order valence-electron chi connectivity index (χ4n) is 2.21. The number of para-hydroxylation sites is 1. The first-order valence-corrected chi connectivity index (χ1v) is 7.49. The second-order valence-corrected chi connectivity index (χ2v) is 5.61. The summed E-state index contributed by atoms with van der Waals surface area (Å²) < 4.78 is 0. The first-order valence-electron chi connectivity index (χ1n) is 7.11. The zero-order valence-corrected chi connectivity index (χ0v) is 13.5. The topological polar surface area (TPSA) is 59.8 Å². The highest BCUT2D eigenvalue weighted by Crippen LogP contribution is 2.20. The Kier molecular flexibility index (Phi) is 4.12. The van der Waals surface area contributed by atoms with Gasteiger partial charge in [0.15, 0.2) is 5.69 Å². The molecule has 3 rings (SSSR count). The van der Waals surface area contributed by atoms with Crippen LogP contribution in [0.5, 0.6) is 0 Å². The van der Waals surface area contributed by atoms with E-state index in [1.807, 2.05) is 37.3 Å². The van der Waals surface area contributed by atoms with E-state index in [0.717, 1.165) is 11.3 Å². The number of halogens is 1. The summed E-state index contributed by atoms with van der Waals surface area (Å²) in [6.07, 6.45) is 0. The Bertz CT molecular complexity index is 858. The third-order valence-corrected chi connectivity index (χ3v) is 3.66. The molecule has 0 aliphatic heterocycles. The summed E-state index contributed by atoms with van der Waals surface area (Å²) >= 11 is 5.93. The van der Waals surface area contributed by atoms with Crippen molar-refractivity contribution in [1.82, 2.24) is 15.0 Å². The molecule has 0 saturated carbocycles. The maximum Gasteiger partial charge on any atom is 0.278 e. The Balaban J connectivity index is 1.87. The number of hydrogen-bond acceptors (Lipinski definition) is 3. The van der Waals surface area contributed by atoms with Gasteiger partial charge in [0, 0.05) is 10.7 Å². The number of benzene rings is 2. The Labute approximate surface area is 138 Å². The summed E-state index contributed by atoms with van der Waals surface area (Å²) in [6.45, 7) is 3.64. The van der Waals surface area contributed by atoms with Gasteiger partial charge in [-0.25, -0.2) is 0 Å². The minimum Gasteiger partial charge on any atom is -0.320 e. The van der Waals surface area contributed by atoms with Crippen LogP contribution in [-0.4, -0.2) is 20.9 Å². The summed E-state index contributed by atoms with van der Waals surface area (Å²) in [7, 11) is 0. The summed E-state index contributed by atoms with van der Waals surface area (Å²) in [6, 6.07) is 14.8. The third kappa shape index (κ3) is 3.24. The van der Waals surface area contributed by atoms with Gasteiger partial charge in [0.05, 0.1) is 11.4 Å². The van der Waals surface area contributed by atoms with Crippen LogP contribution in [0.1, 0.15) is 21.7 Å². The Hall–Kier alpha value is -2.66. The van der Waals surface area contributed by atoms with Gasteiger partial charge in [-0.15, -0.1) is 5.10 Å². The highest BCUT2D eigenvalue weighted by atomic mass is 35.5. The van der Waals surface area contributed by atoms with Crippen molar-refractivity contribution in [2.24, 2.45) is 0 Å². The zero-order chi connectivity index (χ0) is 16.4. The maximum atomic E-state index is 12.5. The Morgan fingerprint density at radius 1 is 1.09 bits per heavy atom. The molecule has 1 aromatic heterocycles. The number of hydrogen-bond donors (Lipinski definition) is 1. The van der Waals surface area contributed by atoms with Gasteiger partial charge in [-0.2, -0.15) is 9.90 Å². The van der Waals surface area contributed by atoms with E-state index in [2.05, 4.69) is 15.5 Å². The van der Waals surface area contributed by atoms with Gasteiger partial charge in [0.2, 0.25) is 0 Å². The normalized spacial score (nSPS) is 10.6. The van der Waals surface area contributed by atoms with E-state index < -0.39 is 0 Å². The lowest BCUT2D eigenvalue weighted by Gasteiger charge is -2.07. The van der Waals surface area contributed by atoms with Crippen LogP contribution in [0, 0.1) is 13.8 Å². The van der Waals surface area contributed by atoms with Gasteiger partial charge in [0.25, 0.3) is 5.91 Å². The lowest BCUT2D eigenvalue weighted by molar-refractivity contribution is 0.102. The molecule has 2 aromatic carbocycles. The lowest BCUT2D eigenvalue weighted by Crippen LogP contribution is -2.15. The molecule has 0 spiro atoms. The largest absolute Gasteiger partial charge is 0.320 e. The minimum atomic E-state index is -0.296. The van der Waals surface area contributed by atoms with Gasteiger partial charge in [-0.3, -0.25) is 4.79 Å². The van der Waals surface area contributed by atoms with Crippen molar-refractivity contribution in [3.05, 3.63) is 70.5 Å². The summed E-state index contributed by atoms with van der Waals surface area (Å²) in [4.78, 5) is 13.9. The van der Waals surface area contributed by atoms with Gasteiger partial charge in [-0.05, 0) is 49.7 Å². The van der Waals surface area contributed by atoms with E-state index in [-0.39, 0.29) is 5.91 Å². The number of nitrogens with one attached hydrogen (secondary N) is 1. The maximum absolute atomic E-state index is 12.5. The Morgan fingerprint density at radius 2 is 1.83 bits per heavy atom. The van der Waals surface area contributed by atoms with Crippen molar-refractivity contribution in [2.45, 2.75) is 13.8 Å². The predicted octanol–water partition coefficient (Wildman–Crippen LogP) is 3.79. The SMILES string of the molecule is Cc1cc(Cl)ccc1NC(=O)c1nn(-c2ccccc2)nc1C. The van der Waals surface area contributed by atoms with Crippen LogP contribution in [-0.2, 0) is 0 Å². The summed E-state index contributed by atoms with van der Waals surface area (Å²) in [5, 5.41) is 12.1. The summed E-state index contributed by atoms with van der Waals surface area (Å²) in [5.41, 5.74) is 3.26. The quantitative estimate of drug-likeness (QED) is 0.796. The number of rotatable bonds is 3. The first-order chi connectivity index (χ1) is 11.0. The monoisotopic (exact) mass is 326 g/mol. The van der Waals surface area contributed by atoms with E-state index >= 15 is 0 Å². The molecule has 1 amide bonds. The zero-order valence-electron chi connectivity index (χ0n) is 12.7. The van der Waals surface area contributed by atoms with E-state index in [4.69, 9.17) is 11.6 Å². The number of carbonyl (C=O) groups excluding carboxylic acids is 1. The molecule has 23 heavy (non-hydrogen) atoms. The van der Waals surface area contributed by atoms with Crippen LogP contribution in [0.25, 0.3) is 5.69 Å². The van der Waals surface area contributed by atoms with Gasteiger partial charge in [-0.1, -0.05) is 29.8 Å². The molecule has 0 saturated heterocycles. The van der Waals surface area contributed by atoms with E-state index in [1.54, 1.807) is 25.1 Å². The van der Waals surface area contributed by atoms with Crippen LogP contribution >= 0.6 is 11.6 Å². The Morgan fingerprint density at radius 3 is 2.52 bits per heavy atom. The molecule has 5 nitrogen and oxygen atoms in total. The average molecular weight is 327 g/mol. The fraction of sp³-hybridized carbons (Fsp3) is 0.118. The van der Waals surface area contributed by atoms with Crippen molar-refractivity contribution in [3.8, 4) is 5.69 Å². The van der Waals surface area contributed by atoms with Crippen molar-refractivity contribution in [2.75, 3.05) is 5.32 Å². The molecule has 0 unspecified atom stereocenters. The van der Waals surface area contributed by atoms with Crippen LogP contribution in [0.3, 0.4) is 0 Å². The lowest BCUT2D eigenvalue weighted by atomic mass is 10.2.